The van der Waals surface area contributed by atoms with Gasteiger partial charge in [0.2, 0.25) is 0 Å². The van der Waals surface area contributed by atoms with Crippen molar-refractivity contribution in [1.82, 2.24) is 0 Å². The van der Waals surface area contributed by atoms with E-state index in [0.29, 0.717) is 5.92 Å². The van der Waals surface area contributed by atoms with Crippen LogP contribution in [0, 0.1) is 0 Å². The molecule has 0 aromatic heterocycles. The zero-order valence-electron chi connectivity index (χ0n) is 31.5. The van der Waals surface area contributed by atoms with Gasteiger partial charge in [-0.15, -0.1) is 0 Å². The van der Waals surface area contributed by atoms with Crippen molar-refractivity contribution >= 4 is 84.3 Å². The van der Waals surface area contributed by atoms with Crippen molar-refractivity contribution in [1.29, 1.82) is 0 Å². The number of rotatable bonds is 4. The van der Waals surface area contributed by atoms with E-state index in [9.17, 15) is 0 Å². The lowest BCUT2D eigenvalue weighted by Gasteiger charge is -2.46. The highest BCUT2D eigenvalue weighted by Crippen LogP contribution is 2.67. The van der Waals surface area contributed by atoms with Crippen LogP contribution in [-0.2, 0) is 0 Å². The van der Waals surface area contributed by atoms with Gasteiger partial charge in [0, 0.05) is 49.6 Å². The second kappa shape index (κ2) is 12.7. The van der Waals surface area contributed by atoms with Gasteiger partial charge in [-0.2, -0.15) is 10.0 Å². The summed E-state index contributed by atoms with van der Waals surface area (Å²) in [7, 11) is -1.20. The van der Waals surface area contributed by atoms with Gasteiger partial charge >= 0.3 is 0 Å². The van der Waals surface area contributed by atoms with Gasteiger partial charge < -0.3 is 14.7 Å². The largest absolute Gasteiger partial charge is 0.311 e. The van der Waals surface area contributed by atoms with Gasteiger partial charge in [-0.05, 0) is 138 Å². The Hall–Kier alpha value is -5.65. The first kappa shape index (κ1) is 32.8. The Morgan fingerprint density at radius 1 is 0.436 bits per heavy atom. The van der Waals surface area contributed by atoms with Gasteiger partial charge in [-0.25, -0.2) is 0 Å². The van der Waals surface area contributed by atoms with E-state index in [1.165, 1.54) is 115 Å². The average molecular weight is 730 g/mol. The van der Waals surface area contributed by atoms with Crippen molar-refractivity contribution in [3.05, 3.63) is 169 Å². The predicted octanol–water partition coefficient (Wildman–Crippen LogP) is 12.1. The molecule has 1 fully saturated rings. The smallest absolute Gasteiger partial charge is 0.252 e. The summed E-state index contributed by atoms with van der Waals surface area (Å²) in [6.45, 7) is 0.0637. The van der Waals surface area contributed by atoms with Gasteiger partial charge in [0.15, 0.2) is 0 Å². The number of hydrogen-bond acceptors (Lipinski definition) is 3. The van der Waals surface area contributed by atoms with E-state index in [4.69, 9.17) is 0 Å². The molecular weight excluding hydrogens is 685 g/mol. The molecule has 0 atom stereocenters. The Bertz CT molecular complexity index is 2530. The highest BCUT2D eigenvalue weighted by atomic mass is 32.3. The van der Waals surface area contributed by atoms with Crippen molar-refractivity contribution < 1.29 is 0 Å². The first-order valence-corrected chi connectivity index (χ1v) is 22.4. The lowest BCUT2D eigenvalue weighted by molar-refractivity contribution is 0.444. The summed E-state index contributed by atoms with van der Waals surface area (Å²) in [5, 5.41) is 0. The highest BCUT2D eigenvalue weighted by molar-refractivity contribution is 8.33. The van der Waals surface area contributed by atoms with E-state index in [-0.39, 0.29) is 6.71 Å². The number of anilines is 9. The number of benzene rings is 7. The quantitative estimate of drug-likeness (QED) is 0.167. The zero-order valence-corrected chi connectivity index (χ0v) is 32.3. The molecule has 0 unspecified atom stereocenters. The van der Waals surface area contributed by atoms with Crippen molar-refractivity contribution in [3.63, 3.8) is 0 Å². The van der Waals surface area contributed by atoms with Crippen LogP contribution in [0.5, 0.6) is 0 Å². The SMILES string of the molecule is CS1(C)c2ccccc2N(c2ccc3c(c2)B2c4ccccc4N(c4ccccc4)c4cc(C5CCCCC5)cc(c42)N3c2ccccc2)c2ccccc21. The number of para-hydroxylation sites is 5. The Balaban J connectivity index is 1.20. The van der Waals surface area contributed by atoms with Crippen LogP contribution in [0.25, 0.3) is 0 Å². The zero-order chi connectivity index (χ0) is 36.7. The fourth-order valence-corrected chi connectivity index (χ4v) is 12.6. The third-order valence-electron chi connectivity index (χ3n) is 12.7. The maximum atomic E-state index is 2.57. The monoisotopic (exact) mass is 729 g/mol. The maximum Gasteiger partial charge on any atom is 0.252 e. The molecule has 11 rings (SSSR count). The van der Waals surface area contributed by atoms with Crippen LogP contribution in [0.15, 0.2) is 174 Å². The average Bonchev–Trinajstić information content (AvgIpc) is 3.24. The third-order valence-corrected chi connectivity index (χ3v) is 15.5. The van der Waals surface area contributed by atoms with Crippen LogP contribution in [0.1, 0.15) is 43.6 Å². The Labute approximate surface area is 327 Å². The molecule has 55 heavy (non-hydrogen) atoms. The summed E-state index contributed by atoms with van der Waals surface area (Å²) in [6.07, 6.45) is 11.4. The summed E-state index contributed by atoms with van der Waals surface area (Å²) < 4.78 is 0. The summed E-state index contributed by atoms with van der Waals surface area (Å²) in [6, 6.07) is 61.9. The van der Waals surface area contributed by atoms with Gasteiger partial charge in [0.25, 0.3) is 6.71 Å². The molecule has 268 valence electrons. The number of hydrogen-bond donors (Lipinski definition) is 0. The van der Waals surface area contributed by atoms with E-state index < -0.39 is 10.0 Å². The first-order chi connectivity index (χ1) is 27.1. The normalized spacial score (nSPS) is 17.1. The van der Waals surface area contributed by atoms with Crippen LogP contribution in [0.3, 0.4) is 0 Å². The highest BCUT2D eigenvalue weighted by Gasteiger charge is 2.44. The summed E-state index contributed by atoms with van der Waals surface area (Å²) in [5.41, 5.74) is 16.9. The van der Waals surface area contributed by atoms with Gasteiger partial charge in [-0.3, -0.25) is 0 Å². The topological polar surface area (TPSA) is 9.72 Å². The standard InChI is InChI=1S/C50H44BN3S/c1-55(2)48-28-16-14-26-44(48)54(45-27-15-17-29-49(45)55)39-30-31-43-41(34-39)51-40-24-12-13-25-42(40)52(37-20-8-4-9-21-37)46-32-36(35-18-6-3-7-19-35)33-47(50(46)51)53(43)38-22-10-5-11-23-38/h4-5,8-17,20-35H,3,6-7,18-19H2,1-2H3. The molecule has 3 heterocycles. The number of nitrogens with zero attached hydrogens (tertiary/aromatic N) is 3. The Morgan fingerprint density at radius 3 is 1.53 bits per heavy atom. The van der Waals surface area contributed by atoms with Gasteiger partial charge in [0.05, 0.1) is 11.4 Å². The van der Waals surface area contributed by atoms with Gasteiger partial charge in [-0.1, -0.05) is 98.1 Å². The fourth-order valence-electron chi connectivity index (χ4n) is 10.2. The second-order valence-electron chi connectivity index (χ2n) is 16.0. The van der Waals surface area contributed by atoms with Crippen LogP contribution >= 0.6 is 10.0 Å². The predicted molar refractivity (Wildman–Crippen MR) is 237 cm³/mol. The van der Waals surface area contributed by atoms with E-state index >= 15 is 0 Å². The molecule has 4 aliphatic rings. The molecule has 0 N–H and O–H groups in total. The summed E-state index contributed by atoms with van der Waals surface area (Å²) in [5.74, 6) is 0.565. The fraction of sp³-hybridized carbons (Fsp3) is 0.160. The van der Waals surface area contributed by atoms with Crippen molar-refractivity contribution in [2.45, 2.75) is 47.8 Å². The lowest BCUT2D eigenvalue weighted by atomic mass is 9.33. The van der Waals surface area contributed by atoms with Gasteiger partial charge in [0.1, 0.15) is 0 Å². The minimum Gasteiger partial charge on any atom is -0.311 e. The van der Waals surface area contributed by atoms with E-state index in [0.717, 1.165) is 0 Å². The number of fused-ring (bicyclic) bond motifs is 6. The molecule has 3 aliphatic heterocycles. The van der Waals surface area contributed by atoms with Crippen LogP contribution in [0.2, 0.25) is 0 Å². The molecule has 1 saturated carbocycles. The molecule has 0 radical (unpaired) electrons. The summed E-state index contributed by atoms with van der Waals surface area (Å²) in [4.78, 5) is 10.5. The summed E-state index contributed by atoms with van der Waals surface area (Å²) >= 11 is 0. The van der Waals surface area contributed by atoms with Crippen molar-refractivity contribution in [2.24, 2.45) is 0 Å². The molecule has 5 heteroatoms. The van der Waals surface area contributed by atoms with E-state index in [1.54, 1.807) is 0 Å². The van der Waals surface area contributed by atoms with Crippen LogP contribution in [-0.4, -0.2) is 19.2 Å². The Kier molecular flexibility index (Phi) is 7.57. The maximum absolute atomic E-state index is 2.57. The third kappa shape index (κ3) is 4.99. The van der Waals surface area contributed by atoms with Crippen LogP contribution in [0.4, 0.5) is 51.2 Å². The molecule has 7 aromatic carbocycles. The lowest BCUT2D eigenvalue weighted by Crippen LogP contribution is -2.61. The molecule has 1 aliphatic carbocycles. The molecule has 3 nitrogen and oxygen atoms in total. The molecule has 0 amide bonds. The first-order valence-electron chi connectivity index (χ1n) is 19.9. The van der Waals surface area contributed by atoms with E-state index in [2.05, 4.69) is 191 Å². The van der Waals surface area contributed by atoms with E-state index in [1.807, 2.05) is 0 Å². The van der Waals surface area contributed by atoms with Crippen LogP contribution < -0.4 is 31.1 Å². The van der Waals surface area contributed by atoms with Crippen molar-refractivity contribution in [3.8, 4) is 0 Å². The minimum atomic E-state index is -1.20. The Morgan fingerprint density at radius 2 is 0.927 bits per heavy atom. The molecule has 0 bridgehead atoms. The molecule has 0 spiro atoms. The molecular formula is C50H44BN3S. The second-order valence-corrected chi connectivity index (χ2v) is 19.5. The molecule has 7 aromatic rings. The van der Waals surface area contributed by atoms with Crippen molar-refractivity contribution in [2.75, 3.05) is 27.2 Å². The minimum absolute atomic E-state index is 0.0637. The molecule has 0 saturated heterocycles.